The van der Waals surface area contributed by atoms with E-state index >= 15 is 0 Å². The van der Waals surface area contributed by atoms with Crippen molar-refractivity contribution in [1.29, 1.82) is 0 Å². The summed E-state index contributed by atoms with van der Waals surface area (Å²) in [5.74, 6) is 1.23. The second kappa shape index (κ2) is 4.41. The van der Waals surface area contributed by atoms with Crippen molar-refractivity contribution in [3.63, 3.8) is 0 Å². The fraction of sp³-hybridized carbons (Fsp3) is 0.0833. The molecular weight excluding hydrogens is 224 g/mol. The smallest absolute Gasteiger partial charge is 0.150 e. The van der Waals surface area contributed by atoms with Gasteiger partial charge in [0.05, 0.1) is 11.9 Å². The Labute approximate surface area is 98.8 Å². The molecule has 0 fully saturated rings. The number of nitrogen functional groups attached to an aromatic ring is 1. The predicted molar refractivity (Wildman–Crippen MR) is 64.9 cm³/mol. The van der Waals surface area contributed by atoms with Gasteiger partial charge in [-0.2, -0.15) is 0 Å². The maximum absolute atomic E-state index is 5.79. The summed E-state index contributed by atoms with van der Waals surface area (Å²) in [6.07, 6.45) is 1.66. The first-order valence-corrected chi connectivity index (χ1v) is 5.18. The molecule has 0 amide bonds. The molecule has 16 heavy (non-hydrogen) atoms. The Balaban J connectivity index is 2.23. The fourth-order valence-corrected chi connectivity index (χ4v) is 1.43. The van der Waals surface area contributed by atoms with E-state index in [1.54, 1.807) is 24.4 Å². The Morgan fingerprint density at radius 1 is 1.25 bits per heavy atom. The van der Waals surface area contributed by atoms with Crippen molar-refractivity contribution in [1.82, 2.24) is 4.98 Å². The zero-order valence-corrected chi connectivity index (χ0v) is 9.53. The van der Waals surface area contributed by atoms with Gasteiger partial charge in [0.1, 0.15) is 11.5 Å². The van der Waals surface area contributed by atoms with Gasteiger partial charge >= 0.3 is 0 Å². The van der Waals surface area contributed by atoms with Crippen LogP contribution >= 0.6 is 11.6 Å². The molecule has 2 N–H and O–H groups in total. The van der Waals surface area contributed by atoms with Gasteiger partial charge in [-0.3, -0.25) is 4.98 Å². The number of hydrogen-bond donors (Lipinski definition) is 1. The van der Waals surface area contributed by atoms with Crippen LogP contribution in [0.4, 0.5) is 5.69 Å². The van der Waals surface area contributed by atoms with Gasteiger partial charge in [-0.1, -0.05) is 11.6 Å². The van der Waals surface area contributed by atoms with Crippen molar-refractivity contribution in [2.75, 3.05) is 5.73 Å². The molecule has 0 saturated carbocycles. The van der Waals surface area contributed by atoms with Crippen molar-refractivity contribution < 1.29 is 4.74 Å². The lowest BCUT2D eigenvalue weighted by atomic mass is 10.3. The molecule has 0 atom stereocenters. The van der Waals surface area contributed by atoms with E-state index in [1.165, 1.54) is 0 Å². The Bertz CT molecular complexity index is 497. The molecule has 0 aliphatic heterocycles. The number of nitrogens with two attached hydrogens (primary N) is 1. The Kier molecular flexibility index (Phi) is 2.97. The van der Waals surface area contributed by atoms with Crippen LogP contribution in [0.1, 0.15) is 5.69 Å². The van der Waals surface area contributed by atoms with Crippen molar-refractivity contribution in [2.24, 2.45) is 0 Å². The van der Waals surface area contributed by atoms with Crippen LogP contribution in [0.2, 0.25) is 5.02 Å². The lowest BCUT2D eigenvalue weighted by Crippen LogP contribution is -1.92. The van der Waals surface area contributed by atoms with Crippen LogP contribution in [-0.2, 0) is 0 Å². The maximum Gasteiger partial charge on any atom is 0.150 e. The first kappa shape index (κ1) is 10.8. The molecule has 0 radical (unpaired) electrons. The largest absolute Gasteiger partial charge is 0.454 e. The third kappa shape index (κ3) is 2.44. The van der Waals surface area contributed by atoms with E-state index in [9.17, 15) is 0 Å². The summed E-state index contributed by atoms with van der Waals surface area (Å²) < 4.78 is 5.57. The van der Waals surface area contributed by atoms with E-state index in [0.29, 0.717) is 22.2 Å². The third-order valence-electron chi connectivity index (χ3n) is 2.08. The van der Waals surface area contributed by atoms with E-state index in [0.717, 1.165) is 5.69 Å². The number of rotatable bonds is 2. The Hall–Kier alpha value is -1.74. The van der Waals surface area contributed by atoms with Crippen LogP contribution in [0.3, 0.4) is 0 Å². The lowest BCUT2D eigenvalue weighted by molar-refractivity contribution is 0.482. The van der Waals surface area contributed by atoms with Crippen LogP contribution in [-0.4, -0.2) is 4.98 Å². The predicted octanol–water partition coefficient (Wildman–Crippen LogP) is 3.42. The maximum atomic E-state index is 5.79. The zero-order chi connectivity index (χ0) is 11.5. The summed E-state index contributed by atoms with van der Waals surface area (Å²) in [6.45, 7) is 1.92. The lowest BCUT2D eigenvalue weighted by Gasteiger charge is -2.08. The highest BCUT2D eigenvalue weighted by Crippen LogP contribution is 2.29. The first-order valence-electron chi connectivity index (χ1n) is 4.81. The second-order valence-electron chi connectivity index (χ2n) is 3.42. The first-order chi connectivity index (χ1) is 7.65. The fourth-order valence-electron chi connectivity index (χ4n) is 1.25. The van der Waals surface area contributed by atoms with Crippen molar-refractivity contribution in [3.05, 3.63) is 47.2 Å². The van der Waals surface area contributed by atoms with Gasteiger partial charge in [0.25, 0.3) is 0 Å². The summed E-state index contributed by atoms with van der Waals surface area (Å²) >= 11 is 5.79. The zero-order valence-electron chi connectivity index (χ0n) is 8.77. The SMILES string of the molecule is Cc1ccc(Oc2ccc(Cl)cc2N)cn1. The quantitative estimate of drug-likeness (QED) is 0.810. The molecule has 2 rings (SSSR count). The molecule has 1 heterocycles. The van der Waals surface area contributed by atoms with Crippen LogP contribution < -0.4 is 10.5 Å². The molecule has 4 heteroatoms. The second-order valence-corrected chi connectivity index (χ2v) is 3.86. The number of hydrogen-bond acceptors (Lipinski definition) is 3. The van der Waals surface area contributed by atoms with Crippen molar-refractivity contribution in [2.45, 2.75) is 6.92 Å². The summed E-state index contributed by atoms with van der Waals surface area (Å²) in [5.41, 5.74) is 7.22. The van der Waals surface area contributed by atoms with E-state index in [4.69, 9.17) is 22.1 Å². The molecular formula is C12H11ClN2O. The highest BCUT2D eigenvalue weighted by atomic mass is 35.5. The van der Waals surface area contributed by atoms with Gasteiger partial charge in [0.2, 0.25) is 0 Å². The van der Waals surface area contributed by atoms with Crippen molar-refractivity contribution >= 4 is 17.3 Å². The Morgan fingerprint density at radius 2 is 2.06 bits per heavy atom. The Morgan fingerprint density at radius 3 is 2.69 bits per heavy atom. The summed E-state index contributed by atoms with van der Waals surface area (Å²) in [6, 6.07) is 8.84. The minimum Gasteiger partial charge on any atom is -0.454 e. The molecule has 0 bridgehead atoms. The number of anilines is 1. The van der Waals surface area contributed by atoms with Crippen LogP contribution in [0, 0.1) is 6.92 Å². The van der Waals surface area contributed by atoms with E-state index < -0.39 is 0 Å². The topological polar surface area (TPSA) is 48.1 Å². The average Bonchev–Trinajstić information content (AvgIpc) is 2.25. The van der Waals surface area contributed by atoms with Crippen LogP contribution in [0.15, 0.2) is 36.5 Å². The molecule has 0 aliphatic carbocycles. The molecule has 0 saturated heterocycles. The molecule has 0 aliphatic rings. The number of pyridine rings is 1. The van der Waals surface area contributed by atoms with E-state index in [-0.39, 0.29) is 0 Å². The number of halogens is 1. The van der Waals surface area contributed by atoms with Gasteiger partial charge < -0.3 is 10.5 Å². The summed E-state index contributed by atoms with van der Waals surface area (Å²) in [7, 11) is 0. The van der Waals surface area contributed by atoms with Crippen LogP contribution in [0.25, 0.3) is 0 Å². The summed E-state index contributed by atoms with van der Waals surface area (Å²) in [5, 5.41) is 0.590. The van der Waals surface area contributed by atoms with E-state index in [1.807, 2.05) is 19.1 Å². The molecule has 82 valence electrons. The van der Waals surface area contributed by atoms with E-state index in [2.05, 4.69) is 4.98 Å². The van der Waals surface area contributed by atoms with Gasteiger partial charge in [0, 0.05) is 10.7 Å². The average molecular weight is 235 g/mol. The third-order valence-corrected chi connectivity index (χ3v) is 2.32. The van der Waals surface area contributed by atoms with Gasteiger partial charge in [-0.15, -0.1) is 0 Å². The number of nitrogens with zero attached hydrogens (tertiary/aromatic N) is 1. The van der Waals surface area contributed by atoms with Crippen LogP contribution in [0.5, 0.6) is 11.5 Å². The number of benzene rings is 1. The van der Waals surface area contributed by atoms with Crippen molar-refractivity contribution in [3.8, 4) is 11.5 Å². The molecule has 0 unspecified atom stereocenters. The minimum atomic E-state index is 0.507. The molecule has 2 aromatic rings. The molecule has 0 spiro atoms. The summed E-state index contributed by atoms with van der Waals surface area (Å²) in [4.78, 5) is 4.13. The number of ether oxygens (including phenoxy) is 1. The monoisotopic (exact) mass is 234 g/mol. The van der Waals surface area contributed by atoms with Gasteiger partial charge in [-0.05, 0) is 37.3 Å². The standard InChI is InChI=1S/C12H11ClN2O/c1-8-2-4-10(7-15-8)16-12-5-3-9(13)6-11(12)14/h2-7H,14H2,1H3. The molecule has 1 aromatic carbocycles. The molecule has 1 aromatic heterocycles. The minimum absolute atomic E-state index is 0.507. The molecule has 3 nitrogen and oxygen atoms in total. The highest BCUT2D eigenvalue weighted by molar-refractivity contribution is 6.30. The normalized spacial score (nSPS) is 10.1. The number of aromatic nitrogens is 1. The van der Waals surface area contributed by atoms with Gasteiger partial charge in [-0.25, -0.2) is 0 Å². The highest BCUT2D eigenvalue weighted by Gasteiger charge is 2.02. The van der Waals surface area contributed by atoms with Gasteiger partial charge in [0.15, 0.2) is 0 Å². The number of aryl methyl sites for hydroxylation is 1.